The number of carbonyl (C=O) groups is 1. The molecule has 2 aromatic rings. The molecule has 88 valence electrons. The minimum absolute atomic E-state index is 0.118. The van der Waals surface area contributed by atoms with Crippen LogP contribution in [0.1, 0.15) is 15.2 Å². The van der Waals surface area contributed by atoms with Crippen LogP contribution in [-0.4, -0.2) is 5.91 Å². The highest BCUT2D eigenvalue weighted by atomic mass is 79.9. The molecule has 17 heavy (non-hydrogen) atoms. The Balaban J connectivity index is 2.15. The number of rotatable bonds is 2. The summed E-state index contributed by atoms with van der Waals surface area (Å²) in [5.41, 5.74) is 1.36. The van der Waals surface area contributed by atoms with Gasteiger partial charge in [-0.15, -0.1) is 11.3 Å². The summed E-state index contributed by atoms with van der Waals surface area (Å²) in [5.74, 6) is -0.118. The van der Waals surface area contributed by atoms with E-state index in [1.807, 2.05) is 18.4 Å². The Morgan fingerprint density at radius 1 is 1.41 bits per heavy atom. The predicted molar refractivity (Wildman–Crippen MR) is 76.2 cm³/mol. The van der Waals surface area contributed by atoms with E-state index in [2.05, 4.69) is 21.2 Å². The molecule has 1 N–H and O–H groups in total. The number of carbonyl (C=O) groups excluding carboxylic acids is 1. The van der Waals surface area contributed by atoms with Crippen LogP contribution in [0, 0.1) is 6.92 Å². The van der Waals surface area contributed by atoms with Crippen LogP contribution in [0.2, 0.25) is 5.02 Å². The number of anilines is 1. The van der Waals surface area contributed by atoms with Crippen LogP contribution in [-0.2, 0) is 0 Å². The first-order valence-corrected chi connectivity index (χ1v) is 6.93. The van der Waals surface area contributed by atoms with Crippen LogP contribution in [0.15, 0.2) is 34.1 Å². The summed E-state index contributed by atoms with van der Waals surface area (Å²) in [6.07, 6.45) is 0. The molecule has 0 fully saturated rings. The second-order valence-corrected chi connectivity index (χ2v) is 5.91. The lowest BCUT2D eigenvalue weighted by atomic mass is 10.2. The van der Waals surface area contributed by atoms with Crippen molar-refractivity contribution in [2.75, 3.05) is 5.32 Å². The highest BCUT2D eigenvalue weighted by Crippen LogP contribution is 2.26. The Morgan fingerprint density at radius 2 is 2.18 bits per heavy atom. The SMILES string of the molecule is Cc1cc(C(=O)Nc2ccc(Br)c(Cl)c2)cs1. The molecule has 0 saturated carbocycles. The third-order valence-electron chi connectivity index (χ3n) is 2.17. The van der Waals surface area contributed by atoms with Gasteiger partial charge in [-0.3, -0.25) is 4.79 Å². The monoisotopic (exact) mass is 329 g/mol. The number of thiophene rings is 1. The van der Waals surface area contributed by atoms with Gasteiger partial charge in [-0.05, 0) is 47.1 Å². The highest BCUT2D eigenvalue weighted by molar-refractivity contribution is 9.10. The summed E-state index contributed by atoms with van der Waals surface area (Å²) in [5, 5.41) is 5.21. The molecule has 0 saturated heterocycles. The van der Waals surface area contributed by atoms with Gasteiger partial charge in [0.15, 0.2) is 0 Å². The summed E-state index contributed by atoms with van der Waals surface area (Å²) in [6.45, 7) is 1.97. The quantitative estimate of drug-likeness (QED) is 0.847. The van der Waals surface area contributed by atoms with Crippen LogP contribution in [0.25, 0.3) is 0 Å². The fourth-order valence-electron chi connectivity index (χ4n) is 1.34. The van der Waals surface area contributed by atoms with Crippen molar-refractivity contribution in [3.8, 4) is 0 Å². The molecule has 0 spiro atoms. The lowest BCUT2D eigenvalue weighted by Gasteiger charge is -2.05. The lowest BCUT2D eigenvalue weighted by Crippen LogP contribution is -2.10. The van der Waals surface area contributed by atoms with E-state index in [1.165, 1.54) is 0 Å². The van der Waals surface area contributed by atoms with Gasteiger partial charge >= 0.3 is 0 Å². The molecule has 2 rings (SSSR count). The van der Waals surface area contributed by atoms with Gasteiger partial charge in [0, 0.05) is 20.4 Å². The maximum Gasteiger partial charge on any atom is 0.256 e. The van der Waals surface area contributed by atoms with Gasteiger partial charge in [-0.1, -0.05) is 11.6 Å². The van der Waals surface area contributed by atoms with Crippen LogP contribution < -0.4 is 5.32 Å². The Morgan fingerprint density at radius 3 is 2.76 bits per heavy atom. The number of nitrogens with one attached hydrogen (secondary N) is 1. The van der Waals surface area contributed by atoms with E-state index in [-0.39, 0.29) is 5.91 Å². The number of benzene rings is 1. The molecule has 1 heterocycles. The van der Waals surface area contributed by atoms with Crippen molar-refractivity contribution in [1.29, 1.82) is 0 Å². The third-order valence-corrected chi connectivity index (χ3v) is 4.26. The van der Waals surface area contributed by atoms with Crippen molar-refractivity contribution in [3.05, 3.63) is 49.6 Å². The summed E-state index contributed by atoms with van der Waals surface area (Å²) < 4.78 is 0.809. The van der Waals surface area contributed by atoms with E-state index in [1.54, 1.807) is 29.5 Å². The third kappa shape index (κ3) is 3.09. The Bertz CT molecular complexity index is 567. The number of amides is 1. The summed E-state index contributed by atoms with van der Waals surface area (Å²) >= 11 is 10.8. The van der Waals surface area contributed by atoms with Crippen LogP contribution in [0.4, 0.5) is 5.69 Å². The summed E-state index contributed by atoms with van der Waals surface area (Å²) in [4.78, 5) is 13.0. The molecule has 1 aromatic carbocycles. The molecule has 0 aliphatic rings. The maximum atomic E-state index is 11.9. The second-order valence-electron chi connectivity index (χ2n) is 3.53. The zero-order valence-electron chi connectivity index (χ0n) is 8.96. The van der Waals surface area contributed by atoms with Crippen molar-refractivity contribution < 1.29 is 4.79 Å². The van der Waals surface area contributed by atoms with Crippen LogP contribution in [0.3, 0.4) is 0 Å². The first-order valence-electron chi connectivity index (χ1n) is 4.88. The van der Waals surface area contributed by atoms with Crippen molar-refractivity contribution >= 4 is 50.5 Å². The molecule has 5 heteroatoms. The van der Waals surface area contributed by atoms with Crippen molar-refractivity contribution in [1.82, 2.24) is 0 Å². The van der Waals surface area contributed by atoms with E-state index in [0.717, 1.165) is 9.35 Å². The van der Waals surface area contributed by atoms with Gasteiger partial charge in [0.1, 0.15) is 0 Å². The van der Waals surface area contributed by atoms with Crippen LogP contribution in [0.5, 0.6) is 0 Å². The normalized spacial score (nSPS) is 10.3. The number of halogens is 2. The molecule has 0 aliphatic heterocycles. The molecular weight excluding hydrogens is 322 g/mol. The van der Waals surface area contributed by atoms with Gasteiger partial charge in [-0.25, -0.2) is 0 Å². The lowest BCUT2D eigenvalue weighted by molar-refractivity contribution is 0.102. The van der Waals surface area contributed by atoms with Crippen molar-refractivity contribution in [3.63, 3.8) is 0 Å². The molecule has 0 radical (unpaired) electrons. The molecule has 2 nitrogen and oxygen atoms in total. The minimum atomic E-state index is -0.118. The van der Waals surface area contributed by atoms with E-state index < -0.39 is 0 Å². The van der Waals surface area contributed by atoms with Crippen LogP contribution >= 0.6 is 38.9 Å². The Labute approximate surface area is 117 Å². The molecule has 0 bridgehead atoms. The number of hydrogen-bond donors (Lipinski definition) is 1. The first kappa shape index (κ1) is 12.6. The number of aryl methyl sites for hydroxylation is 1. The van der Waals surface area contributed by atoms with E-state index in [0.29, 0.717) is 16.3 Å². The fourth-order valence-corrected chi connectivity index (χ4v) is 2.45. The molecule has 0 unspecified atom stereocenters. The van der Waals surface area contributed by atoms with Gasteiger partial charge < -0.3 is 5.32 Å². The second kappa shape index (κ2) is 5.21. The molecule has 1 amide bonds. The van der Waals surface area contributed by atoms with E-state index in [4.69, 9.17) is 11.6 Å². The van der Waals surface area contributed by atoms with Gasteiger partial charge in [0.2, 0.25) is 0 Å². The largest absolute Gasteiger partial charge is 0.322 e. The van der Waals surface area contributed by atoms with Gasteiger partial charge in [-0.2, -0.15) is 0 Å². The zero-order chi connectivity index (χ0) is 12.4. The standard InChI is InChI=1S/C12H9BrClNOS/c1-7-4-8(6-17-7)12(16)15-9-2-3-10(13)11(14)5-9/h2-6H,1H3,(H,15,16). The highest BCUT2D eigenvalue weighted by Gasteiger charge is 2.08. The Kier molecular flexibility index (Phi) is 3.86. The molecule has 0 atom stereocenters. The average Bonchev–Trinajstić information content (AvgIpc) is 2.70. The minimum Gasteiger partial charge on any atom is -0.322 e. The molecular formula is C12H9BrClNOS. The van der Waals surface area contributed by atoms with E-state index in [9.17, 15) is 4.79 Å². The summed E-state index contributed by atoms with van der Waals surface area (Å²) in [6, 6.07) is 7.17. The Hall–Kier alpha value is -0.840. The van der Waals surface area contributed by atoms with Gasteiger partial charge in [0.25, 0.3) is 5.91 Å². The van der Waals surface area contributed by atoms with E-state index >= 15 is 0 Å². The number of hydrogen-bond acceptors (Lipinski definition) is 2. The molecule has 0 aliphatic carbocycles. The van der Waals surface area contributed by atoms with Gasteiger partial charge in [0.05, 0.1) is 10.6 Å². The smallest absolute Gasteiger partial charge is 0.256 e. The summed E-state index contributed by atoms with van der Waals surface area (Å²) in [7, 11) is 0. The molecule has 1 aromatic heterocycles. The van der Waals surface area contributed by atoms with Crippen molar-refractivity contribution in [2.45, 2.75) is 6.92 Å². The fraction of sp³-hybridized carbons (Fsp3) is 0.0833. The first-order chi connectivity index (χ1) is 8.06. The topological polar surface area (TPSA) is 29.1 Å². The predicted octanol–water partition coefficient (Wildman–Crippen LogP) is 4.72. The maximum absolute atomic E-state index is 11.9. The average molecular weight is 331 g/mol. The zero-order valence-corrected chi connectivity index (χ0v) is 12.1. The van der Waals surface area contributed by atoms with Crippen molar-refractivity contribution in [2.24, 2.45) is 0 Å².